The minimum atomic E-state index is -0.987. The highest BCUT2D eigenvalue weighted by atomic mass is 79.9. The van der Waals surface area contributed by atoms with E-state index in [9.17, 15) is 14.7 Å². The predicted molar refractivity (Wildman–Crippen MR) is 84.0 cm³/mol. The SMILES string of the molecule is O=C(N[C@@H](Cc1cccc(Br)c1)C(=O)O)C1CCCCC1. The molecule has 1 atom stereocenters. The number of aliphatic carboxylic acids is 1. The van der Waals surface area contributed by atoms with Gasteiger partial charge in [0.15, 0.2) is 0 Å². The number of halogens is 1. The lowest BCUT2D eigenvalue weighted by atomic mass is 9.88. The summed E-state index contributed by atoms with van der Waals surface area (Å²) in [5, 5.41) is 12.0. The van der Waals surface area contributed by atoms with E-state index in [-0.39, 0.29) is 11.8 Å². The van der Waals surface area contributed by atoms with Gasteiger partial charge in [0.25, 0.3) is 0 Å². The Hall–Kier alpha value is -1.36. The van der Waals surface area contributed by atoms with Crippen molar-refractivity contribution in [1.29, 1.82) is 0 Å². The van der Waals surface area contributed by atoms with Gasteiger partial charge in [0.1, 0.15) is 6.04 Å². The first-order chi connectivity index (χ1) is 10.1. The summed E-state index contributed by atoms with van der Waals surface area (Å²) in [7, 11) is 0. The zero-order chi connectivity index (χ0) is 15.2. The number of nitrogens with one attached hydrogen (secondary N) is 1. The van der Waals surface area contributed by atoms with Gasteiger partial charge in [0, 0.05) is 16.8 Å². The van der Waals surface area contributed by atoms with Crippen molar-refractivity contribution < 1.29 is 14.7 Å². The molecular weight excluding hydrogens is 334 g/mol. The van der Waals surface area contributed by atoms with E-state index in [1.165, 1.54) is 6.42 Å². The van der Waals surface area contributed by atoms with Gasteiger partial charge < -0.3 is 10.4 Å². The molecule has 5 heteroatoms. The van der Waals surface area contributed by atoms with E-state index in [1.807, 2.05) is 24.3 Å². The summed E-state index contributed by atoms with van der Waals surface area (Å²) >= 11 is 3.37. The number of benzene rings is 1. The van der Waals surface area contributed by atoms with Crippen LogP contribution in [-0.4, -0.2) is 23.0 Å². The van der Waals surface area contributed by atoms with Crippen LogP contribution in [0.15, 0.2) is 28.7 Å². The Balaban J connectivity index is 1.98. The molecule has 0 saturated heterocycles. The Morgan fingerprint density at radius 2 is 2.00 bits per heavy atom. The predicted octanol–water partition coefficient (Wildman–Crippen LogP) is 3.14. The molecule has 0 aliphatic heterocycles. The lowest BCUT2D eigenvalue weighted by Crippen LogP contribution is -2.45. The van der Waals surface area contributed by atoms with Crippen molar-refractivity contribution >= 4 is 27.8 Å². The molecule has 1 aromatic carbocycles. The fourth-order valence-electron chi connectivity index (χ4n) is 2.75. The molecule has 1 aliphatic carbocycles. The van der Waals surface area contributed by atoms with E-state index in [2.05, 4.69) is 21.2 Å². The maximum atomic E-state index is 12.2. The molecule has 1 amide bonds. The van der Waals surface area contributed by atoms with Crippen LogP contribution in [0.2, 0.25) is 0 Å². The number of carboxylic acid groups (broad SMARTS) is 1. The molecule has 2 rings (SSSR count). The first-order valence-electron chi connectivity index (χ1n) is 7.34. The van der Waals surface area contributed by atoms with Crippen LogP contribution < -0.4 is 5.32 Å². The van der Waals surface area contributed by atoms with Crippen LogP contribution in [0.1, 0.15) is 37.7 Å². The average Bonchev–Trinajstić information content (AvgIpc) is 2.47. The fourth-order valence-corrected chi connectivity index (χ4v) is 3.20. The summed E-state index contributed by atoms with van der Waals surface area (Å²) in [5.74, 6) is -1.13. The van der Waals surface area contributed by atoms with Crippen LogP contribution in [0.4, 0.5) is 0 Å². The van der Waals surface area contributed by atoms with Gasteiger partial charge in [-0.2, -0.15) is 0 Å². The van der Waals surface area contributed by atoms with Crippen molar-refractivity contribution in [1.82, 2.24) is 5.32 Å². The summed E-state index contributed by atoms with van der Waals surface area (Å²) in [5.41, 5.74) is 0.890. The van der Waals surface area contributed by atoms with Gasteiger partial charge in [-0.25, -0.2) is 4.79 Å². The maximum Gasteiger partial charge on any atom is 0.326 e. The molecule has 0 radical (unpaired) electrons. The monoisotopic (exact) mass is 353 g/mol. The number of rotatable bonds is 5. The van der Waals surface area contributed by atoms with Crippen LogP contribution in [0.3, 0.4) is 0 Å². The number of hydrogen-bond acceptors (Lipinski definition) is 2. The summed E-state index contributed by atoms with van der Waals surface area (Å²) in [4.78, 5) is 23.6. The van der Waals surface area contributed by atoms with Crippen molar-refractivity contribution in [3.63, 3.8) is 0 Å². The van der Waals surface area contributed by atoms with Gasteiger partial charge in [0.05, 0.1) is 0 Å². The second kappa shape index (κ2) is 7.59. The molecule has 0 spiro atoms. The van der Waals surface area contributed by atoms with Crippen LogP contribution >= 0.6 is 15.9 Å². The average molecular weight is 354 g/mol. The fraction of sp³-hybridized carbons (Fsp3) is 0.500. The van der Waals surface area contributed by atoms with Gasteiger partial charge in [-0.3, -0.25) is 4.79 Å². The third kappa shape index (κ3) is 4.84. The smallest absolute Gasteiger partial charge is 0.326 e. The number of carbonyl (C=O) groups excluding carboxylic acids is 1. The molecule has 0 aromatic heterocycles. The highest BCUT2D eigenvalue weighted by Gasteiger charge is 2.26. The van der Waals surface area contributed by atoms with Crippen molar-refractivity contribution in [3.05, 3.63) is 34.3 Å². The highest BCUT2D eigenvalue weighted by Crippen LogP contribution is 2.24. The Kier molecular flexibility index (Phi) is 5.79. The third-order valence-corrected chi connectivity index (χ3v) is 4.41. The van der Waals surface area contributed by atoms with Gasteiger partial charge in [-0.05, 0) is 30.5 Å². The van der Waals surface area contributed by atoms with Gasteiger partial charge in [0.2, 0.25) is 5.91 Å². The Bertz CT molecular complexity index is 512. The van der Waals surface area contributed by atoms with E-state index < -0.39 is 12.0 Å². The minimum absolute atomic E-state index is 0.0249. The molecule has 4 nitrogen and oxygen atoms in total. The molecule has 1 saturated carbocycles. The van der Waals surface area contributed by atoms with E-state index >= 15 is 0 Å². The van der Waals surface area contributed by atoms with Gasteiger partial charge >= 0.3 is 5.97 Å². The molecule has 1 aliphatic rings. The molecule has 1 aromatic rings. The summed E-state index contributed by atoms with van der Waals surface area (Å²) in [6.45, 7) is 0. The molecule has 114 valence electrons. The third-order valence-electron chi connectivity index (χ3n) is 3.92. The van der Waals surface area contributed by atoms with Crippen LogP contribution in [0.25, 0.3) is 0 Å². The van der Waals surface area contributed by atoms with Crippen molar-refractivity contribution in [2.24, 2.45) is 5.92 Å². The first kappa shape index (κ1) is 16.0. The number of amides is 1. The first-order valence-corrected chi connectivity index (χ1v) is 8.13. The van der Waals surface area contributed by atoms with Crippen LogP contribution in [0.5, 0.6) is 0 Å². The van der Waals surface area contributed by atoms with Crippen molar-refractivity contribution in [2.45, 2.75) is 44.6 Å². The topological polar surface area (TPSA) is 66.4 Å². The second-order valence-electron chi connectivity index (χ2n) is 5.57. The van der Waals surface area contributed by atoms with Crippen LogP contribution in [-0.2, 0) is 16.0 Å². The van der Waals surface area contributed by atoms with E-state index in [1.54, 1.807) is 0 Å². The van der Waals surface area contributed by atoms with Crippen molar-refractivity contribution in [2.75, 3.05) is 0 Å². The molecule has 21 heavy (non-hydrogen) atoms. The van der Waals surface area contributed by atoms with Crippen molar-refractivity contribution in [3.8, 4) is 0 Å². The molecule has 2 N–H and O–H groups in total. The standard InChI is InChI=1S/C16H20BrNO3/c17-13-8-4-5-11(9-13)10-14(16(20)21)18-15(19)12-6-2-1-3-7-12/h4-5,8-9,12,14H,1-3,6-7,10H2,(H,18,19)(H,20,21)/t14-/m0/s1. The highest BCUT2D eigenvalue weighted by molar-refractivity contribution is 9.10. The lowest BCUT2D eigenvalue weighted by molar-refractivity contribution is -0.142. The van der Waals surface area contributed by atoms with E-state index in [0.29, 0.717) is 6.42 Å². The molecule has 0 bridgehead atoms. The normalized spacial score (nSPS) is 17.2. The Morgan fingerprint density at radius 3 is 2.62 bits per heavy atom. The zero-order valence-corrected chi connectivity index (χ0v) is 13.4. The number of carboxylic acids is 1. The molecule has 0 heterocycles. The lowest BCUT2D eigenvalue weighted by Gasteiger charge is -2.23. The van der Waals surface area contributed by atoms with Gasteiger partial charge in [-0.15, -0.1) is 0 Å². The molecule has 0 unspecified atom stereocenters. The summed E-state index contributed by atoms with van der Waals surface area (Å²) < 4.78 is 0.905. The Labute approximate surface area is 133 Å². The van der Waals surface area contributed by atoms with Gasteiger partial charge in [-0.1, -0.05) is 47.3 Å². The number of carbonyl (C=O) groups is 2. The second-order valence-corrected chi connectivity index (χ2v) is 6.48. The van der Waals surface area contributed by atoms with E-state index in [4.69, 9.17) is 0 Å². The minimum Gasteiger partial charge on any atom is -0.480 e. The largest absolute Gasteiger partial charge is 0.480 e. The van der Waals surface area contributed by atoms with E-state index in [0.717, 1.165) is 35.7 Å². The summed E-state index contributed by atoms with van der Waals surface area (Å²) in [6.07, 6.45) is 5.32. The summed E-state index contributed by atoms with van der Waals surface area (Å²) in [6, 6.07) is 6.63. The molecular formula is C16H20BrNO3. The maximum absolute atomic E-state index is 12.2. The number of hydrogen-bond donors (Lipinski definition) is 2. The quantitative estimate of drug-likeness (QED) is 0.854. The van der Waals surface area contributed by atoms with Crippen LogP contribution in [0, 0.1) is 5.92 Å². The Morgan fingerprint density at radius 1 is 1.29 bits per heavy atom. The zero-order valence-electron chi connectivity index (χ0n) is 11.8. The molecule has 1 fully saturated rings.